The lowest BCUT2D eigenvalue weighted by atomic mass is 10.2. The molecule has 0 spiro atoms. The standard InChI is InChI=1S/C19H21N3O/c1-23-19-10-3-2-8-18(19)9-5-13-22(14-6-11-20)16-17-7-4-12-21-15-17/h2-5,7-10,12,15H,6,13-14,16H2,1H3/b9-5-. The Morgan fingerprint density at radius 3 is 2.87 bits per heavy atom. The van der Waals surface area contributed by atoms with Crippen molar-refractivity contribution in [2.75, 3.05) is 20.2 Å². The Morgan fingerprint density at radius 1 is 1.26 bits per heavy atom. The lowest BCUT2D eigenvalue weighted by Gasteiger charge is -2.19. The van der Waals surface area contributed by atoms with Gasteiger partial charge in [0.15, 0.2) is 0 Å². The summed E-state index contributed by atoms with van der Waals surface area (Å²) in [7, 11) is 1.67. The number of rotatable bonds is 8. The van der Waals surface area contributed by atoms with Gasteiger partial charge in [0.05, 0.1) is 13.2 Å². The van der Waals surface area contributed by atoms with Gasteiger partial charge in [0, 0.05) is 44.0 Å². The maximum Gasteiger partial charge on any atom is 0.126 e. The molecular formula is C19H21N3O. The number of hydrogen-bond acceptors (Lipinski definition) is 4. The maximum absolute atomic E-state index is 8.83. The molecule has 2 rings (SSSR count). The van der Waals surface area contributed by atoms with Crippen molar-refractivity contribution in [3.05, 3.63) is 66.0 Å². The Morgan fingerprint density at radius 2 is 2.13 bits per heavy atom. The van der Waals surface area contributed by atoms with Gasteiger partial charge in [-0.05, 0) is 17.7 Å². The number of hydrogen-bond donors (Lipinski definition) is 0. The van der Waals surface area contributed by atoms with Crippen LogP contribution in [0.25, 0.3) is 6.08 Å². The Kier molecular flexibility index (Phi) is 6.83. The monoisotopic (exact) mass is 307 g/mol. The quantitative estimate of drug-likeness (QED) is 0.748. The molecule has 0 aliphatic heterocycles. The highest BCUT2D eigenvalue weighted by atomic mass is 16.5. The molecule has 0 radical (unpaired) electrons. The van der Waals surface area contributed by atoms with Crippen LogP contribution in [0.5, 0.6) is 5.75 Å². The van der Waals surface area contributed by atoms with E-state index in [0.717, 1.165) is 36.5 Å². The van der Waals surface area contributed by atoms with Gasteiger partial charge in [0.25, 0.3) is 0 Å². The van der Waals surface area contributed by atoms with E-state index in [9.17, 15) is 0 Å². The lowest BCUT2D eigenvalue weighted by Crippen LogP contribution is -2.24. The number of nitriles is 1. The summed E-state index contributed by atoms with van der Waals surface area (Å²) in [6.45, 7) is 2.29. The van der Waals surface area contributed by atoms with Crippen molar-refractivity contribution in [2.24, 2.45) is 0 Å². The zero-order valence-electron chi connectivity index (χ0n) is 13.4. The molecule has 4 heteroatoms. The fourth-order valence-corrected chi connectivity index (χ4v) is 2.33. The molecule has 118 valence electrons. The number of aromatic nitrogens is 1. The van der Waals surface area contributed by atoms with E-state index in [1.807, 2.05) is 36.5 Å². The van der Waals surface area contributed by atoms with Crippen LogP contribution in [0.15, 0.2) is 54.9 Å². The van der Waals surface area contributed by atoms with Gasteiger partial charge in [-0.1, -0.05) is 36.4 Å². The third-order valence-electron chi connectivity index (χ3n) is 3.47. The Hall–Kier alpha value is -2.64. The van der Waals surface area contributed by atoms with Gasteiger partial charge >= 0.3 is 0 Å². The summed E-state index contributed by atoms with van der Waals surface area (Å²) in [4.78, 5) is 6.37. The van der Waals surface area contributed by atoms with Gasteiger partial charge in [0.2, 0.25) is 0 Å². The SMILES string of the molecule is COc1ccccc1/C=C\CN(CCC#N)Cc1cccnc1. The summed E-state index contributed by atoms with van der Waals surface area (Å²) < 4.78 is 5.35. The van der Waals surface area contributed by atoms with Crippen molar-refractivity contribution < 1.29 is 4.74 Å². The van der Waals surface area contributed by atoms with Crippen molar-refractivity contribution in [3.8, 4) is 11.8 Å². The predicted octanol–water partition coefficient (Wildman–Crippen LogP) is 3.52. The molecule has 0 bridgehead atoms. The smallest absolute Gasteiger partial charge is 0.126 e. The number of para-hydroxylation sites is 1. The van der Waals surface area contributed by atoms with E-state index in [0.29, 0.717) is 6.42 Å². The number of benzene rings is 1. The molecule has 1 aromatic heterocycles. The molecule has 0 fully saturated rings. The molecule has 0 aliphatic rings. The molecule has 0 N–H and O–H groups in total. The molecule has 23 heavy (non-hydrogen) atoms. The molecule has 0 unspecified atom stereocenters. The van der Waals surface area contributed by atoms with Crippen LogP contribution in [0.4, 0.5) is 0 Å². The van der Waals surface area contributed by atoms with Gasteiger partial charge in [-0.25, -0.2) is 0 Å². The first-order valence-corrected chi connectivity index (χ1v) is 7.61. The minimum atomic E-state index is 0.517. The molecule has 0 aliphatic carbocycles. The number of pyridine rings is 1. The molecule has 4 nitrogen and oxygen atoms in total. The van der Waals surface area contributed by atoms with Crippen LogP contribution in [0, 0.1) is 11.3 Å². The van der Waals surface area contributed by atoms with Gasteiger partial charge in [-0.3, -0.25) is 9.88 Å². The highest BCUT2D eigenvalue weighted by Crippen LogP contribution is 2.18. The Labute approximate surface area is 137 Å². The van der Waals surface area contributed by atoms with Crippen molar-refractivity contribution >= 4 is 6.08 Å². The van der Waals surface area contributed by atoms with Crippen molar-refractivity contribution in [1.82, 2.24) is 9.88 Å². The summed E-state index contributed by atoms with van der Waals surface area (Å²) in [5.74, 6) is 0.861. The molecule has 0 amide bonds. The zero-order chi connectivity index (χ0) is 16.3. The minimum Gasteiger partial charge on any atom is -0.496 e. The number of ether oxygens (including phenoxy) is 1. The first-order valence-electron chi connectivity index (χ1n) is 7.61. The van der Waals surface area contributed by atoms with E-state index in [1.165, 1.54) is 0 Å². The van der Waals surface area contributed by atoms with Crippen LogP contribution in [-0.4, -0.2) is 30.1 Å². The lowest BCUT2D eigenvalue weighted by molar-refractivity contribution is 0.301. The number of nitrogens with zero attached hydrogens (tertiary/aromatic N) is 3. The first-order chi connectivity index (χ1) is 11.3. The Balaban J connectivity index is 2.00. The topological polar surface area (TPSA) is 49.1 Å². The average molecular weight is 307 g/mol. The molecule has 0 saturated carbocycles. The second-order valence-corrected chi connectivity index (χ2v) is 5.15. The highest BCUT2D eigenvalue weighted by molar-refractivity contribution is 5.57. The van der Waals surface area contributed by atoms with Crippen LogP contribution in [0.2, 0.25) is 0 Å². The number of methoxy groups -OCH3 is 1. The third kappa shape index (κ3) is 5.57. The predicted molar refractivity (Wildman–Crippen MR) is 91.8 cm³/mol. The summed E-state index contributed by atoms with van der Waals surface area (Å²) >= 11 is 0. The van der Waals surface area contributed by atoms with Gasteiger partial charge in [-0.2, -0.15) is 5.26 Å². The summed E-state index contributed by atoms with van der Waals surface area (Å²) in [6.07, 6.45) is 8.31. The summed E-state index contributed by atoms with van der Waals surface area (Å²) in [6, 6.07) is 14.1. The largest absolute Gasteiger partial charge is 0.496 e. The maximum atomic E-state index is 8.83. The third-order valence-corrected chi connectivity index (χ3v) is 3.47. The zero-order valence-corrected chi connectivity index (χ0v) is 13.4. The molecule has 0 atom stereocenters. The van der Waals surface area contributed by atoms with Crippen molar-refractivity contribution in [1.29, 1.82) is 5.26 Å². The molecule has 0 saturated heterocycles. The van der Waals surface area contributed by atoms with Crippen LogP contribution >= 0.6 is 0 Å². The summed E-state index contributed by atoms with van der Waals surface area (Å²) in [5.41, 5.74) is 2.20. The van der Waals surface area contributed by atoms with E-state index < -0.39 is 0 Å². The van der Waals surface area contributed by atoms with Crippen LogP contribution < -0.4 is 4.74 Å². The fourth-order valence-electron chi connectivity index (χ4n) is 2.33. The van der Waals surface area contributed by atoms with E-state index >= 15 is 0 Å². The second kappa shape index (κ2) is 9.39. The molecule has 2 aromatic rings. The van der Waals surface area contributed by atoms with E-state index in [1.54, 1.807) is 13.3 Å². The minimum absolute atomic E-state index is 0.517. The first kappa shape index (κ1) is 16.7. The summed E-state index contributed by atoms with van der Waals surface area (Å²) in [5, 5.41) is 8.83. The van der Waals surface area contributed by atoms with Crippen LogP contribution in [-0.2, 0) is 6.54 Å². The molecule has 1 aromatic carbocycles. The normalized spacial score (nSPS) is 10.8. The van der Waals surface area contributed by atoms with E-state index in [-0.39, 0.29) is 0 Å². The van der Waals surface area contributed by atoms with Crippen LogP contribution in [0.3, 0.4) is 0 Å². The second-order valence-electron chi connectivity index (χ2n) is 5.15. The van der Waals surface area contributed by atoms with Gasteiger partial charge < -0.3 is 4.74 Å². The average Bonchev–Trinajstić information content (AvgIpc) is 2.60. The van der Waals surface area contributed by atoms with E-state index in [4.69, 9.17) is 10.00 Å². The van der Waals surface area contributed by atoms with E-state index in [2.05, 4.69) is 34.2 Å². The highest BCUT2D eigenvalue weighted by Gasteiger charge is 2.04. The van der Waals surface area contributed by atoms with Crippen molar-refractivity contribution in [3.63, 3.8) is 0 Å². The van der Waals surface area contributed by atoms with Crippen LogP contribution in [0.1, 0.15) is 17.5 Å². The van der Waals surface area contributed by atoms with Crippen molar-refractivity contribution in [2.45, 2.75) is 13.0 Å². The molecular weight excluding hydrogens is 286 g/mol. The van der Waals surface area contributed by atoms with Gasteiger partial charge in [-0.15, -0.1) is 0 Å². The molecule has 1 heterocycles. The van der Waals surface area contributed by atoms with Gasteiger partial charge in [0.1, 0.15) is 5.75 Å². The fraction of sp³-hybridized carbons (Fsp3) is 0.263. The Bertz CT molecular complexity index is 662.